The molecule has 19 heavy (non-hydrogen) atoms. The second kappa shape index (κ2) is 9.49. The van der Waals surface area contributed by atoms with Gasteiger partial charge in [-0.2, -0.15) is 0 Å². The van der Waals surface area contributed by atoms with Crippen molar-refractivity contribution < 1.29 is 4.39 Å². The van der Waals surface area contributed by atoms with E-state index < -0.39 is 0 Å². The molecule has 0 amide bonds. The molecule has 0 bridgehead atoms. The van der Waals surface area contributed by atoms with Crippen molar-refractivity contribution >= 4 is 15.9 Å². The van der Waals surface area contributed by atoms with E-state index >= 15 is 0 Å². The number of halogens is 2. The van der Waals surface area contributed by atoms with Crippen LogP contribution in [0, 0.1) is 5.82 Å². The Balaban J connectivity index is 2.51. The molecule has 1 unspecified atom stereocenters. The first-order valence-electron chi connectivity index (χ1n) is 7.34. The summed E-state index contributed by atoms with van der Waals surface area (Å²) in [4.78, 5) is 0. The van der Waals surface area contributed by atoms with Crippen molar-refractivity contribution in [2.75, 3.05) is 6.54 Å². The quantitative estimate of drug-likeness (QED) is 0.623. The first-order valence-corrected chi connectivity index (χ1v) is 8.14. The highest BCUT2D eigenvalue weighted by Gasteiger charge is 2.10. The SMILES string of the molecule is CCCCCCC(Cc1ccc(F)cc1Br)NCC. The fourth-order valence-electron chi connectivity index (χ4n) is 2.34. The zero-order valence-electron chi connectivity index (χ0n) is 12.0. The molecule has 0 aromatic heterocycles. The molecule has 0 aliphatic heterocycles. The molecular weight excluding hydrogens is 305 g/mol. The van der Waals surface area contributed by atoms with Crippen molar-refractivity contribution in [3.63, 3.8) is 0 Å². The first-order chi connectivity index (χ1) is 9.17. The van der Waals surface area contributed by atoms with E-state index in [0.717, 1.165) is 17.4 Å². The summed E-state index contributed by atoms with van der Waals surface area (Å²) in [5.74, 6) is -0.182. The summed E-state index contributed by atoms with van der Waals surface area (Å²) in [6.45, 7) is 5.35. The maximum Gasteiger partial charge on any atom is 0.124 e. The van der Waals surface area contributed by atoms with Crippen LogP contribution in [0.2, 0.25) is 0 Å². The summed E-state index contributed by atoms with van der Waals surface area (Å²) < 4.78 is 14.0. The van der Waals surface area contributed by atoms with E-state index in [1.807, 2.05) is 6.07 Å². The first kappa shape index (κ1) is 16.6. The van der Waals surface area contributed by atoms with Gasteiger partial charge in [-0.3, -0.25) is 0 Å². The number of hydrogen-bond acceptors (Lipinski definition) is 1. The number of benzene rings is 1. The van der Waals surface area contributed by atoms with E-state index in [4.69, 9.17) is 0 Å². The number of hydrogen-bond donors (Lipinski definition) is 1. The number of unbranched alkanes of at least 4 members (excludes halogenated alkanes) is 3. The predicted octanol–water partition coefficient (Wildman–Crippen LogP) is 5.08. The number of rotatable bonds is 9. The molecule has 0 saturated carbocycles. The van der Waals surface area contributed by atoms with Gasteiger partial charge in [0.25, 0.3) is 0 Å². The maximum absolute atomic E-state index is 13.1. The third-order valence-corrected chi connectivity index (χ3v) is 4.12. The molecular formula is C16H25BrFN. The molecule has 0 spiro atoms. The molecule has 0 aliphatic rings. The van der Waals surface area contributed by atoms with Gasteiger partial charge in [0.05, 0.1) is 0 Å². The zero-order chi connectivity index (χ0) is 14.1. The van der Waals surface area contributed by atoms with Crippen LogP contribution in [-0.4, -0.2) is 12.6 Å². The van der Waals surface area contributed by atoms with E-state index in [-0.39, 0.29) is 5.82 Å². The highest BCUT2D eigenvalue weighted by Crippen LogP contribution is 2.21. The fourth-order valence-corrected chi connectivity index (χ4v) is 2.85. The van der Waals surface area contributed by atoms with Crippen molar-refractivity contribution in [1.82, 2.24) is 5.32 Å². The van der Waals surface area contributed by atoms with Gasteiger partial charge in [0.2, 0.25) is 0 Å². The maximum atomic E-state index is 13.1. The molecule has 108 valence electrons. The smallest absolute Gasteiger partial charge is 0.124 e. The van der Waals surface area contributed by atoms with Crippen LogP contribution in [0.5, 0.6) is 0 Å². The minimum Gasteiger partial charge on any atom is -0.314 e. The van der Waals surface area contributed by atoms with Crippen molar-refractivity contribution in [3.8, 4) is 0 Å². The predicted molar refractivity (Wildman–Crippen MR) is 84.0 cm³/mol. The Labute approximate surface area is 125 Å². The second-order valence-corrected chi connectivity index (χ2v) is 5.90. The largest absolute Gasteiger partial charge is 0.314 e. The summed E-state index contributed by atoms with van der Waals surface area (Å²) in [7, 11) is 0. The van der Waals surface area contributed by atoms with E-state index in [9.17, 15) is 4.39 Å². The minimum atomic E-state index is -0.182. The molecule has 1 aromatic carbocycles. The second-order valence-electron chi connectivity index (χ2n) is 5.04. The Morgan fingerprint density at radius 3 is 2.63 bits per heavy atom. The van der Waals surface area contributed by atoms with Crippen molar-refractivity contribution in [3.05, 3.63) is 34.1 Å². The highest BCUT2D eigenvalue weighted by atomic mass is 79.9. The summed E-state index contributed by atoms with van der Waals surface area (Å²) in [6, 6.07) is 5.47. The lowest BCUT2D eigenvalue weighted by atomic mass is 10.00. The molecule has 3 heteroatoms. The Hall–Kier alpha value is -0.410. The summed E-state index contributed by atoms with van der Waals surface area (Å²) in [5.41, 5.74) is 1.18. The third kappa shape index (κ3) is 6.53. The van der Waals surface area contributed by atoms with E-state index in [1.165, 1.54) is 37.7 Å². The Kier molecular flexibility index (Phi) is 8.31. The van der Waals surface area contributed by atoms with Crippen molar-refractivity contribution in [1.29, 1.82) is 0 Å². The van der Waals surface area contributed by atoms with E-state index in [2.05, 4.69) is 35.1 Å². The van der Waals surface area contributed by atoms with Crippen LogP contribution < -0.4 is 5.32 Å². The van der Waals surface area contributed by atoms with E-state index in [1.54, 1.807) is 12.1 Å². The van der Waals surface area contributed by atoms with Crippen LogP contribution in [-0.2, 0) is 6.42 Å². The molecule has 1 atom stereocenters. The Bertz CT molecular complexity index is 368. The highest BCUT2D eigenvalue weighted by molar-refractivity contribution is 9.10. The van der Waals surface area contributed by atoms with Crippen LogP contribution in [0.4, 0.5) is 4.39 Å². The Morgan fingerprint density at radius 1 is 1.21 bits per heavy atom. The average molecular weight is 330 g/mol. The monoisotopic (exact) mass is 329 g/mol. The normalized spacial score (nSPS) is 12.6. The number of nitrogens with one attached hydrogen (secondary N) is 1. The molecule has 0 saturated heterocycles. The van der Waals surface area contributed by atoms with Gasteiger partial charge in [-0.05, 0) is 37.1 Å². The lowest BCUT2D eigenvalue weighted by Crippen LogP contribution is -2.31. The van der Waals surface area contributed by atoms with Crippen molar-refractivity contribution in [2.24, 2.45) is 0 Å². The lowest BCUT2D eigenvalue weighted by molar-refractivity contribution is 0.462. The van der Waals surface area contributed by atoms with Gasteiger partial charge in [0.1, 0.15) is 5.82 Å². The lowest BCUT2D eigenvalue weighted by Gasteiger charge is -2.18. The van der Waals surface area contributed by atoms with Gasteiger partial charge >= 0.3 is 0 Å². The van der Waals surface area contributed by atoms with Gasteiger partial charge in [-0.25, -0.2) is 4.39 Å². The van der Waals surface area contributed by atoms with Crippen LogP contribution in [0.1, 0.15) is 51.5 Å². The molecule has 0 fully saturated rings. The van der Waals surface area contributed by atoms with Gasteiger partial charge in [0.15, 0.2) is 0 Å². The van der Waals surface area contributed by atoms with Crippen molar-refractivity contribution in [2.45, 2.75) is 58.4 Å². The summed E-state index contributed by atoms with van der Waals surface area (Å²) in [6.07, 6.45) is 7.32. The average Bonchev–Trinajstić information content (AvgIpc) is 2.38. The molecule has 0 aliphatic carbocycles. The topological polar surface area (TPSA) is 12.0 Å². The van der Waals surface area contributed by atoms with Crippen LogP contribution >= 0.6 is 15.9 Å². The standard InChI is InChI=1S/C16H25BrFN/c1-3-5-6-7-8-15(19-4-2)11-13-9-10-14(18)12-16(13)17/h9-10,12,15,19H,3-8,11H2,1-2H3. The Morgan fingerprint density at radius 2 is 2.00 bits per heavy atom. The molecule has 1 nitrogen and oxygen atoms in total. The summed E-state index contributed by atoms with van der Waals surface area (Å²) in [5, 5.41) is 3.54. The molecule has 0 radical (unpaired) electrons. The molecule has 1 N–H and O–H groups in total. The summed E-state index contributed by atoms with van der Waals surface area (Å²) >= 11 is 3.45. The van der Waals surface area contributed by atoms with Crippen LogP contribution in [0.25, 0.3) is 0 Å². The van der Waals surface area contributed by atoms with Crippen LogP contribution in [0.15, 0.2) is 22.7 Å². The van der Waals surface area contributed by atoms with Crippen LogP contribution in [0.3, 0.4) is 0 Å². The molecule has 1 rings (SSSR count). The van der Waals surface area contributed by atoms with Gasteiger partial charge in [0, 0.05) is 10.5 Å². The molecule has 0 heterocycles. The number of likely N-dealkylation sites (N-methyl/N-ethyl adjacent to an activating group) is 1. The van der Waals surface area contributed by atoms with E-state index in [0.29, 0.717) is 6.04 Å². The van der Waals surface area contributed by atoms with Gasteiger partial charge < -0.3 is 5.32 Å². The minimum absolute atomic E-state index is 0.182. The van der Waals surface area contributed by atoms with Gasteiger partial charge in [-0.1, -0.05) is 61.5 Å². The zero-order valence-corrected chi connectivity index (χ0v) is 13.6. The van der Waals surface area contributed by atoms with Gasteiger partial charge in [-0.15, -0.1) is 0 Å². The third-order valence-electron chi connectivity index (χ3n) is 3.38. The molecule has 1 aromatic rings. The fraction of sp³-hybridized carbons (Fsp3) is 0.625.